The number of aromatic nitrogens is 4. The van der Waals surface area contributed by atoms with Crippen LogP contribution in [0.3, 0.4) is 0 Å². The Kier molecular flexibility index (Phi) is 6.56. The molecule has 41 heavy (non-hydrogen) atoms. The zero-order valence-electron chi connectivity index (χ0n) is 22.9. The van der Waals surface area contributed by atoms with Crippen LogP contribution in [0.1, 0.15) is 58.9 Å². The average Bonchev–Trinajstić information content (AvgIpc) is 3.62. The molecule has 1 aromatic carbocycles. The fourth-order valence-corrected chi connectivity index (χ4v) is 6.76. The van der Waals surface area contributed by atoms with Crippen LogP contribution in [0.4, 0.5) is 0 Å². The Morgan fingerprint density at radius 1 is 1.17 bits per heavy atom. The first-order chi connectivity index (χ1) is 19.9. The minimum atomic E-state index is -1.06. The molecule has 0 amide bonds. The molecule has 0 spiro atoms. The summed E-state index contributed by atoms with van der Waals surface area (Å²) < 4.78 is 25.7. The van der Waals surface area contributed by atoms with Gasteiger partial charge in [-0.3, -0.25) is 4.90 Å². The highest BCUT2D eigenvalue weighted by Crippen LogP contribution is 2.49. The third-order valence-electron chi connectivity index (χ3n) is 8.23. The standard InChI is InChI=1S/C29H31N5O6S/c1-29(23-6-7-25(37-2)32-31-23)39-21-5-3-4-19(26(21)40-29)17-8-11-33(12-9-17)16-24-30-27-20(14-22(41-27)28(35)36)34(24)15-18-10-13-38-18/h3-7,14,17-18H,8-13,15-16H2,1-2H3,(H,35,36)/t18-,29-/m0/s1. The average molecular weight is 578 g/mol. The highest BCUT2D eigenvalue weighted by atomic mass is 32.1. The van der Waals surface area contributed by atoms with Crippen molar-refractivity contribution in [2.45, 2.75) is 57.1 Å². The maximum absolute atomic E-state index is 11.5. The molecule has 2 atom stereocenters. The van der Waals surface area contributed by atoms with Crippen molar-refractivity contribution in [3.05, 3.63) is 58.4 Å². The number of ether oxygens (including phenoxy) is 4. The van der Waals surface area contributed by atoms with Gasteiger partial charge >= 0.3 is 5.97 Å². The molecule has 7 rings (SSSR count). The van der Waals surface area contributed by atoms with Crippen LogP contribution >= 0.6 is 11.3 Å². The van der Waals surface area contributed by atoms with Crippen molar-refractivity contribution >= 4 is 27.7 Å². The van der Waals surface area contributed by atoms with Gasteiger partial charge in [-0.05, 0) is 56.5 Å². The molecule has 3 aromatic heterocycles. The Bertz CT molecular complexity index is 1590. The van der Waals surface area contributed by atoms with Gasteiger partial charge in [-0.25, -0.2) is 9.78 Å². The maximum atomic E-state index is 11.5. The number of likely N-dealkylation sites (tertiary alicyclic amines) is 1. The van der Waals surface area contributed by atoms with E-state index >= 15 is 0 Å². The van der Waals surface area contributed by atoms with Gasteiger partial charge in [-0.2, -0.15) is 0 Å². The number of thiophene rings is 1. The minimum absolute atomic E-state index is 0.155. The lowest BCUT2D eigenvalue weighted by atomic mass is 9.88. The van der Waals surface area contributed by atoms with Crippen molar-refractivity contribution in [2.24, 2.45) is 0 Å². The van der Waals surface area contributed by atoms with E-state index in [-0.39, 0.29) is 6.10 Å². The first-order valence-electron chi connectivity index (χ1n) is 13.9. The Morgan fingerprint density at radius 3 is 2.68 bits per heavy atom. The van der Waals surface area contributed by atoms with E-state index in [9.17, 15) is 9.90 Å². The number of hydrogen-bond donors (Lipinski definition) is 1. The van der Waals surface area contributed by atoms with Gasteiger partial charge in [-0.15, -0.1) is 21.5 Å². The topological polar surface area (TPSA) is 121 Å². The Hall–Kier alpha value is -3.74. The quantitative estimate of drug-likeness (QED) is 0.322. The normalized spacial score (nSPS) is 22.6. The van der Waals surface area contributed by atoms with Gasteiger partial charge in [0.1, 0.15) is 21.2 Å². The molecule has 1 N–H and O–H groups in total. The zero-order valence-corrected chi connectivity index (χ0v) is 23.7. The molecule has 6 heterocycles. The highest BCUT2D eigenvalue weighted by molar-refractivity contribution is 7.20. The number of methoxy groups -OCH3 is 1. The van der Waals surface area contributed by atoms with E-state index in [0.29, 0.717) is 41.2 Å². The van der Waals surface area contributed by atoms with Gasteiger partial charge in [0.25, 0.3) is 5.79 Å². The van der Waals surface area contributed by atoms with E-state index in [2.05, 4.69) is 25.7 Å². The Labute approximate surface area is 240 Å². The van der Waals surface area contributed by atoms with Crippen LogP contribution in [0.2, 0.25) is 0 Å². The maximum Gasteiger partial charge on any atom is 0.346 e. The minimum Gasteiger partial charge on any atom is -0.480 e. The molecule has 3 aliphatic rings. The molecule has 11 nitrogen and oxygen atoms in total. The number of nitrogens with zero attached hydrogens (tertiary/aromatic N) is 5. The summed E-state index contributed by atoms with van der Waals surface area (Å²) in [4.78, 5) is 19.9. The molecule has 12 heteroatoms. The number of rotatable bonds is 8. The Morgan fingerprint density at radius 2 is 2.00 bits per heavy atom. The fraction of sp³-hybridized carbons (Fsp3) is 0.448. The fourth-order valence-electron chi connectivity index (χ4n) is 5.87. The second-order valence-electron chi connectivity index (χ2n) is 10.9. The number of carboxylic acids is 1. The van der Waals surface area contributed by atoms with Crippen LogP contribution in [0.15, 0.2) is 36.4 Å². The smallest absolute Gasteiger partial charge is 0.346 e. The van der Waals surface area contributed by atoms with Gasteiger partial charge in [0.2, 0.25) is 5.88 Å². The van der Waals surface area contributed by atoms with Crippen LogP contribution in [0.5, 0.6) is 17.4 Å². The molecular weight excluding hydrogens is 546 g/mol. The predicted octanol–water partition coefficient (Wildman–Crippen LogP) is 4.41. The van der Waals surface area contributed by atoms with Gasteiger partial charge in [0.15, 0.2) is 11.5 Å². The van der Waals surface area contributed by atoms with Crippen molar-refractivity contribution in [1.82, 2.24) is 24.6 Å². The first kappa shape index (κ1) is 26.2. The number of piperidine rings is 1. The van der Waals surface area contributed by atoms with Crippen LogP contribution in [-0.2, 0) is 23.6 Å². The second-order valence-corrected chi connectivity index (χ2v) is 11.9. The number of fused-ring (bicyclic) bond motifs is 2. The van der Waals surface area contributed by atoms with Crippen LogP contribution in [0, 0.1) is 0 Å². The van der Waals surface area contributed by atoms with Crippen molar-refractivity contribution < 1.29 is 28.8 Å². The predicted molar refractivity (Wildman–Crippen MR) is 150 cm³/mol. The van der Waals surface area contributed by atoms with Crippen molar-refractivity contribution in [1.29, 1.82) is 0 Å². The first-order valence-corrected chi connectivity index (χ1v) is 14.7. The molecule has 2 fully saturated rings. The largest absolute Gasteiger partial charge is 0.480 e. The van der Waals surface area contributed by atoms with Gasteiger partial charge in [-0.1, -0.05) is 12.1 Å². The highest BCUT2D eigenvalue weighted by Gasteiger charge is 2.42. The lowest BCUT2D eigenvalue weighted by Crippen LogP contribution is -2.35. The summed E-state index contributed by atoms with van der Waals surface area (Å²) in [5.74, 6) is 1.24. The van der Waals surface area contributed by atoms with Crippen molar-refractivity contribution in [3.63, 3.8) is 0 Å². The van der Waals surface area contributed by atoms with E-state index in [1.54, 1.807) is 19.2 Å². The summed E-state index contributed by atoms with van der Waals surface area (Å²) >= 11 is 1.23. The lowest BCUT2D eigenvalue weighted by Gasteiger charge is -2.33. The molecular formula is C29H31N5O6S. The van der Waals surface area contributed by atoms with Crippen LogP contribution < -0.4 is 14.2 Å². The van der Waals surface area contributed by atoms with Crippen LogP contribution in [-0.4, -0.2) is 68.6 Å². The number of aromatic carboxylic acids is 1. The third-order valence-corrected chi connectivity index (χ3v) is 9.24. The molecule has 214 valence electrons. The summed E-state index contributed by atoms with van der Waals surface area (Å²) in [5, 5.41) is 17.8. The third kappa shape index (κ3) is 4.79. The number of carboxylic acid groups (broad SMARTS) is 1. The molecule has 3 aliphatic heterocycles. The molecule has 0 radical (unpaired) electrons. The molecule has 0 aliphatic carbocycles. The van der Waals surface area contributed by atoms with Gasteiger partial charge in [0, 0.05) is 25.2 Å². The number of imidazole rings is 1. The number of benzene rings is 1. The molecule has 4 aromatic rings. The molecule has 0 unspecified atom stereocenters. The SMILES string of the molecule is COc1ccc([C@@]2(C)Oc3cccc(C4CCN(Cc5nc6sc(C(=O)O)cc6n5C[C@@H]5CCO5)CC4)c3O2)nn1. The van der Waals surface area contributed by atoms with Crippen molar-refractivity contribution in [2.75, 3.05) is 26.8 Å². The molecule has 2 saturated heterocycles. The summed E-state index contributed by atoms with van der Waals surface area (Å²) in [6.45, 7) is 5.87. The summed E-state index contributed by atoms with van der Waals surface area (Å²) in [7, 11) is 1.55. The Balaban J connectivity index is 1.05. The van der Waals surface area contributed by atoms with E-state index < -0.39 is 11.8 Å². The molecule has 0 saturated carbocycles. The summed E-state index contributed by atoms with van der Waals surface area (Å²) in [6.07, 6.45) is 3.12. The zero-order chi connectivity index (χ0) is 28.1. The van der Waals surface area contributed by atoms with E-state index in [0.717, 1.165) is 66.4 Å². The lowest BCUT2D eigenvalue weighted by molar-refractivity contribution is -0.0730. The second kappa shape index (κ2) is 10.3. The summed E-state index contributed by atoms with van der Waals surface area (Å²) in [6, 6.07) is 11.4. The monoisotopic (exact) mass is 577 g/mol. The van der Waals surface area contributed by atoms with E-state index in [1.807, 2.05) is 25.1 Å². The van der Waals surface area contributed by atoms with E-state index in [4.69, 9.17) is 23.9 Å². The number of carbonyl (C=O) groups is 1. The van der Waals surface area contributed by atoms with Gasteiger partial charge < -0.3 is 28.6 Å². The van der Waals surface area contributed by atoms with Crippen LogP contribution in [0.25, 0.3) is 10.3 Å². The van der Waals surface area contributed by atoms with Crippen molar-refractivity contribution in [3.8, 4) is 17.4 Å². The summed E-state index contributed by atoms with van der Waals surface area (Å²) in [5.41, 5.74) is 2.61. The van der Waals surface area contributed by atoms with E-state index in [1.165, 1.54) is 11.3 Å². The van der Waals surface area contributed by atoms with Gasteiger partial charge in [0.05, 0.1) is 31.8 Å². The molecule has 0 bridgehead atoms. The number of hydrogen-bond acceptors (Lipinski definition) is 10. The number of para-hydroxylation sites is 1.